The largest absolute Gasteiger partial charge is 0.476 e. The van der Waals surface area contributed by atoms with Gasteiger partial charge in [-0.15, -0.1) is 0 Å². The van der Waals surface area contributed by atoms with Crippen LogP contribution in [-0.2, 0) is 0 Å². The van der Waals surface area contributed by atoms with E-state index in [4.69, 9.17) is 10.5 Å². The number of nitrogen functional groups attached to an aromatic ring is 1. The predicted molar refractivity (Wildman–Crippen MR) is 65.0 cm³/mol. The molecular weight excluding hydrogens is 220 g/mol. The van der Waals surface area contributed by atoms with E-state index < -0.39 is 0 Å². The monoisotopic (exact) mass is 238 g/mol. The fraction of sp³-hybridized carbons (Fsp3) is 0.636. The third-order valence-electron chi connectivity index (χ3n) is 3.21. The van der Waals surface area contributed by atoms with Gasteiger partial charge in [0, 0.05) is 6.04 Å². The van der Waals surface area contributed by atoms with E-state index in [9.17, 15) is 4.79 Å². The molecule has 6 nitrogen and oxygen atoms in total. The molecule has 1 aliphatic heterocycles. The maximum atomic E-state index is 11.2. The van der Waals surface area contributed by atoms with Gasteiger partial charge in [-0.1, -0.05) is 0 Å². The van der Waals surface area contributed by atoms with Crippen LogP contribution in [0.2, 0.25) is 0 Å². The molecule has 1 aromatic heterocycles. The Morgan fingerprint density at radius 3 is 3.24 bits per heavy atom. The maximum Gasteiger partial charge on any atom is 0.277 e. The van der Waals surface area contributed by atoms with Crippen molar-refractivity contribution in [3.05, 3.63) is 16.7 Å². The van der Waals surface area contributed by atoms with Gasteiger partial charge in [0.1, 0.15) is 0 Å². The van der Waals surface area contributed by atoms with Gasteiger partial charge in [-0.25, -0.2) is 4.98 Å². The van der Waals surface area contributed by atoms with E-state index in [1.165, 1.54) is 19.2 Å². The topological polar surface area (TPSA) is 84.2 Å². The van der Waals surface area contributed by atoms with E-state index in [0.29, 0.717) is 12.6 Å². The van der Waals surface area contributed by atoms with Gasteiger partial charge >= 0.3 is 0 Å². The van der Waals surface area contributed by atoms with Crippen LogP contribution in [0.1, 0.15) is 19.3 Å². The average Bonchev–Trinajstić information content (AvgIpc) is 2.71. The minimum atomic E-state index is -0.354. The van der Waals surface area contributed by atoms with E-state index in [0.717, 1.165) is 13.0 Å². The minimum absolute atomic E-state index is 0.0484. The highest BCUT2D eigenvalue weighted by Gasteiger charge is 2.20. The Balaban J connectivity index is 1.86. The van der Waals surface area contributed by atoms with E-state index in [2.05, 4.69) is 21.9 Å². The number of nitrogens with zero attached hydrogens (tertiary/aromatic N) is 2. The lowest BCUT2D eigenvalue weighted by Crippen LogP contribution is -2.26. The molecule has 1 aliphatic rings. The molecule has 0 aliphatic carbocycles. The Labute approximate surface area is 99.8 Å². The van der Waals surface area contributed by atoms with E-state index in [1.54, 1.807) is 0 Å². The first-order chi connectivity index (χ1) is 8.18. The molecular formula is C11H18N4O2. The molecule has 1 unspecified atom stereocenters. The highest BCUT2D eigenvalue weighted by molar-refractivity contribution is 5.44. The zero-order valence-electron chi connectivity index (χ0n) is 9.98. The molecule has 6 heteroatoms. The number of hydrogen-bond acceptors (Lipinski definition) is 5. The number of anilines is 1. The van der Waals surface area contributed by atoms with Gasteiger partial charge in [0.05, 0.1) is 12.9 Å². The second-order valence-corrected chi connectivity index (χ2v) is 4.36. The molecule has 2 rings (SSSR count). The Morgan fingerprint density at radius 2 is 2.53 bits per heavy atom. The summed E-state index contributed by atoms with van der Waals surface area (Å²) in [6.07, 6.45) is 4.69. The van der Waals surface area contributed by atoms with Gasteiger partial charge in [0.2, 0.25) is 5.88 Å². The Hall–Kier alpha value is -1.56. The molecule has 0 aromatic carbocycles. The molecule has 0 saturated carbocycles. The molecule has 0 radical (unpaired) electrons. The van der Waals surface area contributed by atoms with E-state index in [-0.39, 0.29) is 17.1 Å². The van der Waals surface area contributed by atoms with Gasteiger partial charge in [0.25, 0.3) is 5.56 Å². The first kappa shape index (κ1) is 11.9. The number of aromatic amines is 1. The van der Waals surface area contributed by atoms with Gasteiger partial charge in [-0.2, -0.15) is 0 Å². The SMILES string of the molecule is CN1CCCC1CCOc1nc[nH]c(=O)c1N. The second kappa shape index (κ2) is 5.18. The van der Waals surface area contributed by atoms with Gasteiger partial charge in [0.15, 0.2) is 5.69 Å². The van der Waals surface area contributed by atoms with Crippen LogP contribution in [0.5, 0.6) is 5.88 Å². The first-order valence-corrected chi connectivity index (χ1v) is 5.84. The van der Waals surface area contributed by atoms with Crippen molar-refractivity contribution >= 4 is 5.69 Å². The van der Waals surface area contributed by atoms with Gasteiger partial charge in [-0.3, -0.25) is 4.79 Å². The quantitative estimate of drug-likeness (QED) is 0.783. The summed E-state index contributed by atoms with van der Waals surface area (Å²) in [5.41, 5.74) is 5.26. The van der Waals surface area contributed by atoms with E-state index >= 15 is 0 Å². The normalized spacial score (nSPS) is 20.6. The summed E-state index contributed by atoms with van der Waals surface area (Å²) in [7, 11) is 2.12. The van der Waals surface area contributed by atoms with Crippen molar-refractivity contribution in [2.75, 3.05) is 25.9 Å². The molecule has 17 heavy (non-hydrogen) atoms. The van der Waals surface area contributed by atoms with Crippen molar-refractivity contribution in [2.24, 2.45) is 0 Å². The van der Waals surface area contributed by atoms with E-state index in [1.807, 2.05) is 0 Å². The predicted octanol–water partition coefficient (Wildman–Crippen LogP) is 0.215. The maximum absolute atomic E-state index is 11.2. The third-order valence-corrected chi connectivity index (χ3v) is 3.21. The number of rotatable bonds is 4. The van der Waals surface area contributed by atoms with Gasteiger partial charge < -0.3 is 20.4 Å². The summed E-state index contributed by atoms with van der Waals surface area (Å²) in [6, 6.07) is 0.568. The molecule has 1 aromatic rings. The summed E-state index contributed by atoms with van der Waals surface area (Å²) in [5, 5.41) is 0. The summed E-state index contributed by atoms with van der Waals surface area (Å²) >= 11 is 0. The van der Waals surface area contributed by atoms with Crippen LogP contribution in [0, 0.1) is 0 Å². The second-order valence-electron chi connectivity index (χ2n) is 4.36. The van der Waals surface area contributed by atoms with Crippen molar-refractivity contribution in [3.63, 3.8) is 0 Å². The molecule has 1 atom stereocenters. The summed E-state index contributed by atoms with van der Waals surface area (Å²) in [5.74, 6) is 0.231. The Kier molecular flexibility index (Phi) is 3.63. The molecule has 0 spiro atoms. The number of ether oxygens (including phenoxy) is 1. The van der Waals surface area contributed by atoms with Crippen LogP contribution >= 0.6 is 0 Å². The van der Waals surface area contributed by atoms with Crippen molar-refractivity contribution < 1.29 is 4.74 Å². The summed E-state index contributed by atoms with van der Waals surface area (Å²) in [4.78, 5) is 19.8. The van der Waals surface area contributed by atoms with Gasteiger partial charge in [-0.05, 0) is 32.9 Å². The lowest BCUT2D eigenvalue weighted by atomic mass is 10.1. The Morgan fingerprint density at radius 1 is 1.71 bits per heavy atom. The molecule has 0 amide bonds. The number of nitrogens with one attached hydrogen (secondary N) is 1. The lowest BCUT2D eigenvalue weighted by molar-refractivity contribution is 0.229. The van der Waals surface area contributed by atoms with Crippen LogP contribution in [0.25, 0.3) is 0 Å². The molecule has 1 saturated heterocycles. The zero-order valence-corrected chi connectivity index (χ0v) is 9.98. The van der Waals surface area contributed by atoms with Crippen LogP contribution in [0.15, 0.2) is 11.1 Å². The molecule has 0 bridgehead atoms. The van der Waals surface area contributed by atoms with Crippen molar-refractivity contribution in [3.8, 4) is 5.88 Å². The fourth-order valence-electron chi connectivity index (χ4n) is 2.14. The van der Waals surface area contributed by atoms with Crippen LogP contribution in [0.4, 0.5) is 5.69 Å². The minimum Gasteiger partial charge on any atom is -0.476 e. The smallest absolute Gasteiger partial charge is 0.277 e. The van der Waals surface area contributed by atoms with Crippen LogP contribution in [0.3, 0.4) is 0 Å². The summed E-state index contributed by atoms with van der Waals surface area (Å²) in [6.45, 7) is 1.69. The number of aromatic nitrogens is 2. The standard InChI is InChI=1S/C11H18N4O2/c1-15-5-2-3-8(15)4-6-17-11-9(12)10(16)13-7-14-11/h7-8H,2-6,12H2,1H3,(H,13,14,16). The molecule has 2 heterocycles. The lowest BCUT2D eigenvalue weighted by Gasteiger charge is -2.19. The fourth-order valence-corrected chi connectivity index (χ4v) is 2.14. The number of likely N-dealkylation sites (tertiary alicyclic amines) is 1. The first-order valence-electron chi connectivity index (χ1n) is 5.84. The number of H-pyrrole nitrogens is 1. The Bertz CT molecular complexity index is 432. The zero-order chi connectivity index (χ0) is 12.3. The highest BCUT2D eigenvalue weighted by Crippen LogP contribution is 2.18. The van der Waals surface area contributed by atoms with Crippen LogP contribution in [-0.4, -0.2) is 41.1 Å². The van der Waals surface area contributed by atoms with Crippen LogP contribution < -0.4 is 16.0 Å². The highest BCUT2D eigenvalue weighted by atomic mass is 16.5. The number of hydrogen-bond donors (Lipinski definition) is 2. The summed E-state index contributed by atoms with van der Waals surface area (Å²) < 4.78 is 5.45. The molecule has 1 fully saturated rings. The van der Waals surface area contributed by atoms with Crippen molar-refractivity contribution in [1.82, 2.24) is 14.9 Å². The third kappa shape index (κ3) is 2.76. The van der Waals surface area contributed by atoms with Crippen molar-refractivity contribution in [2.45, 2.75) is 25.3 Å². The average molecular weight is 238 g/mol. The molecule has 3 N–H and O–H groups in total. The van der Waals surface area contributed by atoms with Crippen molar-refractivity contribution in [1.29, 1.82) is 0 Å². The number of nitrogens with two attached hydrogens (primary N) is 1. The molecule has 94 valence electrons.